The molecule has 2 heteroatoms. The number of ether oxygens (including phenoxy) is 1. The van der Waals surface area contributed by atoms with Crippen LogP contribution in [0.4, 0.5) is 0 Å². The Hall–Kier alpha value is -0.860. The van der Waals surface area contributed by atoms with Crippen LogP contribution in [0, 0.1) is 5.41 Å². The molecule has 3 rings (SSSR count). The van der Waals surface area contributed by atoms with E-state index >= 15 is 0 Å². The van der Waals surface area contributed by atoms with E-state index in [0.717, 1.165) is 19.8 Å². The van der Waals surface area contributed by atoms with Crippen LogP contribution in [0.25, 0.3) is 0 Å². The second-order valence-corrected chi connectivity index (χ2v) is 5.37. The summed E-state index contributed by atoms with van der Waals surface area (Å²) in [5.74, 6) is 0. The van der Waals surface area contributed by atoms with Crippen LogP contribution in [-0.4, -0.2) is 19.8 Å². The fraction of sp³-hybridized carbons (Fsp3) is 0.600. The number of rotatable bonds is 3. The number of nitrogens with one attached hydrogen (secondary N) is 1. The van der Waals surface area contributed by atoms with E-state index in [1.807, 2.05) is 0 Å². The highest BCUT2D eigenvalue weighted by Crippen LogP contribution is 2.50. The molecule has 1 N–H and O–H groups in total. The maximum Gasteiger partial charge on any atom is 0.0543 e. The highest BCUT2D eigenvalue weighted by atomic mass is 16.5. The summed E-state index contributed by atoms with van der Waals surface area (Å²) in [5, 5.41) is 3.71. The number of hydrogen-bond donors (Lipinski definition) is 1. The van der Waals surface area contributed by atoms with Gasteiger partial charge in [-0.25, -0.2) is 0 Å². The topological polar surface area (TPSA) is 21.3 Å². The summed E-state index contributed by atoms with van der Waals surface area (Å²) in [4.78, 5) is 0. The van der Waals surface area contributed by atoms with Crippen molar-refractivity contribution in [2.24, 2.45) is 5.41 Å². The summed E-state index contributed by atoms with van der Waals surface area (Å²) in [7, 11) is 0. The number of hydrogen-bond acceptors (Lipinski definition) is 2. The van der Waals surface area contributed by atoms with Gasteiger partial charge in [-0.15, -0.1) is 0 Å². The monoisotopic (exact) mass is 231 g/mol. The first kappa shape index (κ1) is 11.2. The molecule has 92 valence electrons. The first-order valence-electron chi connectivity index (χ1n) is 6.75. The molecule has 0 saturated carbocycles. The Balaban J connectivity index is 1.93. The van der Waals surface area contributed by atoms with Crippen molar-refractivity contribution in [3.63, 3.8) is 0 Å². The van der Waals surface area contributed by atoms with Crippen LogP contribution in [0.5, 0.6) is 0 Å². The zero-order valence-corrected chi connectivity index (χ0v) is 10.5. The van der Waals surface area contributed by atoms with E-state index in [1.54, 1.807) is 0 Å². The summed E-state index contributed by atoms with van der Waals surface area (Å²) in [6, 6.07) is 9.39. The lowest BCUT2D eigenvalue weighted by atomic mass is 9.75. The van der Waals surface area contributed by atoms with Gasteiger partial charge in [-0.1, -0.05) is 24.3 Å². The van der Waals surface area contributed by atoms with Crippen LogP contribution in [0.2, 0.25) is 0 Å². The summed E-state index contributed by atoms with van der Waals surface area (Å²) in [6.45, 7) is 4.96. The molecule has 0 unspecified atom stereocenters. The van der Waals surface area contributed by atoms with Crippen molar-refractivity contribution in [3.05, 3.63) is 35.4 Å². The summed E-state index contributed by atoms with van der Waals surface area (Å²) < 4.78 is 5.77. The summed E-state index contributed by atoms with van der Waals surface area (Å²) in [6.07, 6.45) is 3.75. The maximum atomic E-state index is 5.77. The second kappa shape index (κ2) is 4.43. The van der Waals surface area contributed by atoms with E-state index in [1.165, 1.54) is 30.4 Å². The Bertz CT molecular complexity index is 404. The Morgan fingerprint density at radius 3 is 3.18 bits per heavy atom. The predicted molar refractivity (Wildman–Crippen MR) is 69.0 cm³/mol. The molecule has 1 aromatic rings. The van der Waals surface area contributed by atoms with Gasteiger partial charge in [0.2, 0.25) is 0 Å². The Morgan fingerprint density at radius 1 is 1.41 bits per heavy atom. The Labute approximate surface area is 103 Å². The molecule has 1 saturated heterocycles. The molecule has 1 aliphatic heterocycles. The SMILES string of the molecule is CCOC[C@]12CCCN[C@H]1c1ccccc1C2. The summed E-state index contributed by atoms with van der Waals surface area (Å²) in [5.41, 5.74) is 3.34. The molecule has 0 bridgehead atoms. The van der Waals surface area contributed by atoms with Gasteiger partial charge in [0.1, 0.15) is 0 Å². The molecule has 1 aliphatic carbocycles. The van der Waals surface area contributed by atoms with Gasteiger partial charge in [0, 0.05) is 18.1 Å². The van der Waals surface area contributed by atoms with E-state index in [2.05, 4.69) is 36.5 Å². The lowest BCUT2D eigenvalue weighted by molar-refractivity contribution is 0.0134. The Kier molecular flexibility index (Phi) is 2.93. The molecule has 0 amide bonds. The van der Waals surface area contributed by atoms with E-state index in [9.17, 15) is 0 Å². The summed E-state index contributed by atoms with van der Waals surface area (Å²) >= 11 is 0. The molecule has 0 aromatic heterocycles. The third kappa shape index (κ3) is 1.80. The highest BCUT2D eigenvalue weighted by Gasteiger charge is 2.47. The number of fused-ring (bicyclic) bond motifs is 3. The molecule has 1 heterocycles. The lowest BCUT2D eigenvalue weighted by Gasteiger charge is -2.40. The molecule has 2 aliphatic rings. The van der Waals surface area contributed by atoms with Crippen LogP contribution >= 0.6 is 0 Å². The normalized spacial score (nSPS) is 31.0. The van der Waals surface area contributed by atoms with Gasteiger partial charge in [-0.05, 0) is 43.9 Å². The standard InChI is InChI=1S/C15H21NO/c1-2-17-11-15-8-5-9-16-14(15)13-7-4-3-6-12(13)10-15/h3-4,6-7,14,16H,2,5,8-11H2,1H3/t14-,15+/m0/s1. The van der Waals surface area contributed by atoms with Crippen molar-refractivity contribution in [3.8, 4) is 0 Å². The number of benzene rings is 1. The van der Waals surface area contributed by atoms with E-state index in [0.29, 0.717) is 11.5 Å². The highest BCUT2D eigenvalue weighted by molar-refractivity contribution is 5.38. The Morgan fingerprint density at radius 2 is 2.29 bits per heavy atom. The third-order valence-corrected chi connectivity index (χ3v) is 4.31. The van der Waals surface area contributed by atoms with Crippen LogP contribution in [-0.2, 0) is 11.2 Å². The minimum Gasteiger partial charge on any atom is -0.381 e. The fourth-order valence-electron chi connectivity index (χ4n) is 3.55. The van der Waals surface area contributed by atoms with Gasteiger partial charge in [0.25, 0.3) is 0 Å². The zero-order chi connectivity index (χ0) is 11.7. The average Bonchev–Trinajstić information content (AvgIpc) is 2.71. The number of piperidine rings is 1. The maximum absolute atomic E-state index is 5.77. The molecule has 2 atom stereocenters. The van der Waals surface area contributed by atoms with Crippen molar-refractivity contribution in [1.82, 2.24) is 5.32 Å². The second-order valence-electron chi connectivity index (χ2n) is 5.37. The molecule has 1 fully saturated rings. The first-order chi connectivity index (χ1) is 8.36. The van der Waals surface area contributed by atoms with Gasteiger partial charge < -0.3 is 10.1 Å². The van der Waals surface area contributed by atoms with E-state index in [-0.39, 0.29) is 0 Å². The first-order valence-corrected chi connectivity index (χ1v) is 6.75. The van der Waals surface area contributed by atoms with Crippen molar-refractivity contribution in [2.75, 3.05) is 19.8 Å². The van der Waals surface area contributed by atoms with Gasteiger partial charge in [-0.2, -0.15) is 0 Å². The van der Waals surface area contributed by atoms with Crippen molar-refractivity contribution in [1.29, 1.82) is 0 Å². The smallest absolute Gasteiger partial charge is 0.0543 e. The quantitative estimate of drug-likeness (QED) is 0.863. The third-order valence-electron chi connectivity index (χ3n) is 4.31. The minimum atomic E-state index is 0.317. The van der Waals surface area contributed by atoms with Gasteiger partial charge in [0.15, 0.2) is 0 Å². The molecule has 0 radical (unpaired) electrons. The molecular weight excluding hydrogens is 210 g/mol. The van der Waals surface area contributed by atoms with Crippen molar-refractivity contribution < 1.29 is 4.74 Å². The fourth-order valence-corrected chi connectivity index (χ4v) is 3.55. The van der Waals surface area contributed by atoms with Gasteiger partial charge >= 0.3 is 0 Å². The van der Waals surface area contributed by atoms with Crippen molar-refractivity contribution in [2.45, 2.75) is 32.2 Å². The molecular formula is C15H21NO. The molecule has 17 heavy (non-hydrogen) atoms. The lowest BCUT2D eigenvalue weighted by Crippen LogP contribution is -2.44. The molecule has 0 spiro atoms. The van der Waals surface area contributed by atoms with Gasteiger partial charge in [0.05, 0.1) is 6.61 Å². The van der Waals surface area contributed by atoms with Crippen molar-refractivity contribution >= 4 is 0 Å². The zero-order valence-electron chi connectivity index (χ0n) is 10.5. The van der Waals surface area contributed by atoms with Crippen LogP contribution in [0.15, 0.2) is 24.3 Å². The van der Waals surface area contributed by atoms with Crippen LogP contribution in [0.3, 0.4) is 0 Å². The van der Waals surface area contributed by atoms with E-state index < -0.39 is 0 Å². The van der Waals surface area contributed by atoms with Crippen LogP contribution < -0.4 is 5.32 Å². The molecule has 1 aromatic carbocycles. The molecule has 2 nitrogen and oxygen atoms in total. The average molecular weight is 231 g/mol. The van der Waals surface area contributed by atoms with Crippen LogP contribution in [0.1, 0.15) is 36.9 Å². The predicted octanol–water partition coefficient (Wildman–Crippen LogP) is 2.69. The minimum absolute atomic E-state index is 0.317. The van der Waals surface area contributed by atoms with E-state index in [4.69, 9.17) is 4.74 Å². The largest absolute Gasteiger partial charge is 0.381 e. The van der Waals surface area contributed by atoms with Gasteiger partial charge in [-0.3, -0.25) is 0 Å².